The van der Waals surface area contributed by atoms with Crippen molar-refractivity contribution in [3.05, 3.63) is 40.4 Å². The van der Waals surface area contributed by atoms with Crippen LogP contribution in [0.5, 0.6) is 0 Å². The van der Waals surface area contributed by atoms with Crippen LogP contribution in [0.1, 0.15) is 18.9 Å². The monoisotopic (exact) mass is 268 g/mol. The largest absolute Gasteiger partial charge is 0.463 e. The summed E-state index contributed by atoms with van der Waals surface area (Å²) >= 11 is 3.34. The molecule has 1 aromatic rings. The first-order chi connectivity index (χ1) is 7.22. The Labute approximate surface area is 98.1 Å². The third kappa shape index (κ3) is 4.79. The van der Waals surface area contributed by atoms with Crippen LogP contribution in [0.15, 0.2) is 34.8 Å². The standard InChI is InChI=1S/C12H13BrO2/c1-2-9-15-12(14)8-5-10-3-6-11(13)7-4-10/h3-8H,2,9H2,1H3/b8-5+. The molecule has 0 unspecified atom stereocenters. The molecule has 0 fully saturated rings. The van der Waals surface area contributed by atoms with Crippen LogP contribution in [0.3, 0.4) is 0 Å². The lowest BCUT2D eigenvalue weighted by molar-refractivity contribution is -0.137. The first-order valence-electron chi connectivity index (χ1n) is 4.83. The molecule has 80 valence electrons. The lowest BCUT2D eigenvalue weighted by Gasteiger charge is -1.97. The van der Waals surface area contributed by atoms with E-state index in [1.807, 2.05) is 31.2 Å². The zero-order valence-corrected chi connectivity index (χ0v) is 10.2. The summed E-state index contributed by atoms with van der Waals surface area (Å²) in [4.78, 5) is 11.1. The van der Waals surface area contributed by atoms with E-state index >= 15 is 0 Å². The van der Waals surface area contributed by atoms with E-state index in [9.17, 15) is 4.79 Å². The van der Waals surface area contributed by atoms with Crippen molar-refractivity contribution in [3.8, 4) is 0 Å². The van der Waals surface area contributed by atoms with Crippen molar-refractivity contribution in [1.29, 1.82) is 0 Å². The average molecular weight is 269 g/mol. The number of ether oxygens (including phenoxy) is 1. The van der Waals surface area contributed by atoms with Gasteiger partial charge < -0.3 is 4.74 Å². The third-order valence-electron chi connectivity index (χ3n) is 1.73. The minimum Gasteiger partial charge on any atom is -0.463 e. The molecule has 0 amide bonds. The highest BCUT2D eigenvalue weighted by Crippen LogP contribution is 2.11. The number of benzene rings is 1. The van der Waals surface area contributed by atoms with Gasteiger partial charge in [-0.2, -0.15) is 0 Å². The van der Waals surface area contributed by atoms with E-state index in [0.29, 0.717) is 6.61 Å². The number of carbonyl (C=O) groups excluding carboxylic acids is 1. The number of halogens is 1. The molecule has 0 heterocycles. The molecule has 0 radical (unpaired) electrons. The summed E-state index contributed by atoms with van der Waals surface area (Å²) in [7, 11) is 0. The van der Waals surface area contributed by atoms with Gasteiger partial charge in [-0.15, -0.1) is 0 Å². The van der Waals surface area contributed by atoms with Crippen LogP contribution >= 0.6 is 15.9 Å². The van der Waals surface area contributed by atoms with Crippen LogP contribution in [-0.2, 0) is 9.53 Å². The van der Waals surface area contributed by atoms with Gasteiger partial charge in [-0.3, -0.25) is 0 Å². The van der Waals surface area contributed by atoms with Gasteiger partial charge in [-0.25, -0.2) is 4.79 Å². The summed E-state index contributed by atoms with van der Waals surface area (Å²) in [5.41, 5.74) is 0.978. The van der Waals surface area contributed by atoms with Crippen LogP contribution in [0.25, 0.3) is 6.08 Å². The van der Waals surface area contributed by atoms with E-state index in [1.165, 1.54) is 6.08 Å². The Bertz CT molecular complexity index is 341. The van der Waals surface area contributed by atoms with Crippen molar-refractivity contribution in [2.75, 3.05) is 6.61 Å². The molecule has 0 aliphatic heterocycles. The highest BCUT2D eigenvalue weighted by atomic mass is 79.9. The van der Waals surface area contributed by atoms with E-state index in [-0.39, 0.29) is 5.97 Å². The Kier molecular flexibility index (Phi) is 5.12. The SMILES string of the molecule is CCCOC(=O)/C=C/c1ccc(Br)cc1. The van der Waals surface area contributed by atoms with Crippen LogP contribution < -0.4 is 0 Å². The summed E-state index contributed by atoms with van der Waals surface area (Å²) in [6.07, 6.45) is 4.03. The molecule has 2 nitrogen and oxygen atoms in total. The van der Waals surface area contributed by atoms with Gasteiger partial charge in [0.05, 0.1) is 6.61 Å². The molecule has 15 heavy (non-hydrogen) atoms. The Hall–Kier alpha value is -1.09. The summed E-state index contributed by atoms with van der Waals surface area (Å²) in [6.45, 7) is 2.44. The molecule has 0 atom stereocenters. The Morgan fingerprint density at radius 1 is 1.40 bits per heavy atom. The zero-order chi connectivity index (χ0) is 11.1. The highest BCUT2D eigenvalue weighted by Gasteiger charge is 1.94. The molecule has 0 aliphatic carbocycles. The minimum atomic E-state index is -0.292. The molecule has 0 aliphatic rings. The molecule has 0 bridgehead atoms. The topological polar surface area (TPSA) is 26.3 Å². The zero-order valence-electron chi connectivity index (χ0n) is 8.57. The van der Waals surface area contributed by atoms with Gasteiger partial charge in [0, 0.05) is 10.5 Å². The molecule has 3 heteroatoms. The van der Waals surface area contributed by atoms with Crippen molar-refractivity contribution < 1.29 is 9.53 Å². The lowest BCUT2D eigenvalue weighted by Crippen LogP contribution is -2.00. The average Bonchev–Trinajstić information content (AvgIpc) is 2.25. The first-order valence-corrected chi connectivity index (χ1v) is 5.62. The van der Waals surface area contributed by atoms with Gasteiger partial charge >= 0.3 is 5.97 Å². The predicted molar refractivity (Wildman–Crippen MR) is 64.4 cm³/mol. The van der Waals surface area contributed by atoms with Gasteiger partial charge in [0.25, 0.3) is 0 Å². The molecule has 0 saturated carbocycles. The second-order valence-electron chi connectivity index (χ2n) is 3.05. The van der Waals surface area contributed by atoms with E-state index in [0.717, 1.165) is 16.5 Å². The second kappa shape index (κ2) is 6.40. The lowest BCUT2D eigenvalue weighted by atomic mass is 10.2. The van der Waals surface area contributed by atoms with Gasteiger partial charge in [0.15, 0.2) is 0 Å². The van der Waals surface area contributed by atoms with Crippen molar-refractivity contribution in [2.45, 2.75) is 13.3 Å². The Balaban J connectivity index is 2.50. The second-order valence-corrected chi connectivity index (χ2v) is 3.97. The van der Waals surface area contributed by atoms with Crippen molar-refractivity contribution in [3.63, 3.8) is 0 Å². The summed E-state index contributed by atoms with van der Waals surface area (Å²) in [5, 5.41) is 0. The third-order valence-corrected chi connectivity index (χ3v) is 2.26. The molecular weight excluding hydrogens is 256 g/mol. The van der Waals surface area contributed by atoms with Gasteiger partial charge in [-0.05, 0) is 30.2 Å². The predicted octanol–water partition coefficient (Wildman–Crippen LogP) is 3.42. The first kappa shape index (κ1) is 12.0. The van der Waals surface area contributed by atoms with Gasteiger partial charge in [0.1, 0.15) is 0 Å². The van der Waals surface area contributed by atoms with Crippen LogP contribution in [0.4, 0.5) is 0 Å². The quantitative estimate of drug-likeness (QED) is 0.618. The summed E-state index contributed by atoms with van der Waals surface area (Å²) in [6, 6.07) is 7.70. The Morgan fingerprint density at radius 2 is 2.07 bits per heavy atom. The van der Waals surface area contributed by atoms with Gasteiger partial charge in [0.2, 0.25) is 0 Å². The fourth-order valence-corrected chi connectivity index (χ4v) is 1.25. The minimum absolute atomic E-state index is 0.292. The van der Waals surface area contributed by atoms with Crippen molar-refractivity contribution in [1.82, 2.24) is 0 Å². The van der Waals surface area contributed by atoms with Crippen molar-refractivity contribution in [2.24, 2.45) is 0 Å². The fraction of sp³-hybridized carbons (Fsp3) is 0.250. The molecule has 1 aromatic carbocycles. The maximum Gasteiger partial charge on any atom is 0.330 e. The maximum atomic E-state index is 11.1. The number of rotatable bonds is 4. The maximum absolute atomic E-state index is 11.1. The number of hydrogen-bond acceptors (Lipinski definition) is 2. The van der Waals surface area contributed by atoms with Crippen LogP contribution in [0.2, 0.25) is 0 Å². The number of carbonyl (C=O) groups is 1. The van der Waals surface area contributed by atoms with Crippen molar-refractivity contribution >= 4 is 28.0 Å². The van der Waals surface area contributed by atoms with E-state index in [1.54, 1.807) is 6.08 Å². The van der Waals surface area contributed by atoms with Gasteiger partial charge in [-0.1, -0.05) is 35.0 Å². The number of hydrogen-bond donors (Lipinski definition) is 0. The Morgan fingerprint density at radius 3 is 2.67 bits per heavy atom. The van der Waals surface area contributed by atoms with Crippen LogP contribution in [0, 0.1) is 0 Å². The molecule has 0 saturated heterocycles. The van der Waals surface area contributed by atoms with E-state index in [2.05, 4.69) is 15.9 Å². The fourth-order valence-electron chi connectivity index (χ4n) is 0.989. The smallest absolute Gasteiger partial charge is 0.330 e. The van der Waals surface area contributed by atoms with E-state index < -0.39 is 0 Å². The van der Waals surface area contributed by atoms with Crippen LogP contribution in [-0.4, -0.2) is 12.6 Å². The molecule has 0 aromatic heterocycles. The summed E-state index contributed by atoms with van der Waals surface area (Å²) in [5.74, 6) is -0.292. The number of esters is 1. The molecule has 0 N–H and O–H groups in total. The van der Waals surface area contributed by atoms with E-state index in [4.69, 9.17) is 4.74 Å². The normalized spacial score (nSPS) is 10.5. The molecule has 1 rings (SSSR count). The summed E-state index contributed by atoms with van der Waals surface area (Å²) < 4.78 is 5.92. The highest BCUT2D eigenvalue weighted by molar-refractivity contribution is 9.10. The molecular formula is C12H13BrO2. The molecule has 0 spiro atoms.